The van der Waals surface area contributed by atoms with Crippen LogP contribution < -0.4 is 9.47 Å². The Hall–Kier alpha value is -3.28. The van der Waals surface area contributed by atoms with Crippen molar-refractivity contribution in [2.75, 3.05) is 14.2 Å². The van der Waals surface area contributed by atoms with E-state index >= 15 is 0 Å². The molecule has 1 aromatic heterocycles. The fourth-order valence-electron chi connectivity index (χ4n) is 2.32. The standard InChI is InChI=1S/C19H18N2O4/c1-23-17-10-15(11-18(12-17)24-2)19(22)25-13-14-4-6-16(7-5-14)21-9-3-8-20-21/h3-12H,13H2,1-2H3. The molecule has 1 heterocycles. The first-order valence-electron chi connectivity index (χ1n) is 7.69. The van der Waals surface area contributed by atoms with E-state index in [1.807, 2.05) is 36.5 Å². The van der Waals surface area contributed by atoms with Crippen LogP contribution in [0.15, 0.2) is 60.9 Å². The van der Waals surface area contributed by atoms with Gasteiger partial charge in [0.1, 0.15) is 18.1 Å². The molecule has 6 nitrogen and oxygen atoms in total. The number of carbonyl (C=O) groups is 1. The van der Waals surface area contributed by atoms with Gasteiger partial charge in [-0.3, -0.25) is 0 Å². The van der Waals surface area contributed by atoms with E-state index in [1.165, 1.54) is 14.2 Å². The van der Waals surface area contributed by atoms with Crippen LogP contribution in [0.25, 0.3) is 5.69 Å². The van der Waals surface area contributed by atoms with Gasteiger partial charge in [-0.25, -0.2) is 9.48 Å². The fourth-order valence-corrected chi connectivity index (χ4v) is 2.32. The molecule has 25 heavy (non-hydrogen) atoms. The normalized spacial score (nSPS) is 10.3. The van der Waals surface area contributed by atoms with Crippen molar-refractivity contribution < 1.29 is 19.0 Å². The Balaban J connectivity index is 1.66. The number of benzene rings is 2. The highest BCUT2D eigenvalue weighted by Gasteiger charge is 2.11. The number of nitrogens with zero attached hydrogens (tertiary/aromatic N) is 2. The summed E-state index contributed by atoms with van der Waals surface area (Å²) in [6.45, 7) is 0.178. The van der Waals surface area contributed by atoms with Gasteiger partial charge in [0.15, 0.2) is 0 Å². The average molecular weight is 338 g/mol. The quantitative estimate of drug-likeness (QED) is 0.646. The number of hydrogen-bond acceptors (Lipinski definition) is 5. The smallest absolute Gasteiger partial charge is 0.338 e. The maximum atomic E-state index is 12.3. The molecule has 0 spiro atoms. The van der Waals surface area contributed by atoms with E-state index in [-0.39, 0.29) is 6.61 Å². The average Bonchev–Trinajstić information content (AvgIpc) is 3.20. The number of carbonyl (C=O) groups excluding carboxylic acids is 1. The van der Waals surface area contributed by atoms with Crippen molar-refractivity contribution in [3.05, 3.63) is 72.1 Å². The highest BCUT2D eigenvalue weighted by Crippen LogP contribution is 2.23. The van der Waals surface area contributed by atoms with Crippen LogP contribution in [-0.4, -0.2) is 30.0 Å². The zero-order valence-electron chi connectivity index (χ0n) is 14.0. The Morgan fingerprint density at radius 3 is 2.28 bits per heavy atom. The van der Waals surface area contributed by atoms with Crippen LogP contribution in [0.3, 0.4) is 0 Å². The monoisotopic (exact) mass is 338 g/mol. The minimum Gasteiger partial charge on any atom is -0.497 e. The Labute approximate surface area is 145 Å². The zero-order chi connectivity index (χ0) is 17.6. The van der Waals surface area contributed by atoms with Crippen LogP contribution >= 0.6 is 0 Å². The predicted octanol–water partition coefficient (Wildman–Crippen LogP) is 3.25. The summed E-state index contributed by atoms with van der Waals surface area (Å²) in [7, 11) is 3.07. The van der Waals surface area contributed by atoms with E-state index in [0.29, 0.717) is 17.1 Å². The summed E-state index contributed by atoms with van der Waals surface area (Å²) in [5, 5.41) is 4.17. The topological polar surface area (TPSA) is 62.6 Å². The van der Waals surface area contributed by atoms with Crippen LogP contribution in [0.4, 0.5) is 0 Å². The predicted molar refractivity (Wildman–Crippen MR) is 92.2 cm³/mol. The lowest BCUT2D eigenvalue weighted by molar-refractivity contribution is 0.0472. The van der Waals surface area contributed by atoms with Gasteiger partial charge in [0.2, 0.25) is 0 Å². The van der Waals surface area contributed by atoms with Crippen LogP contribution in [0.2, 0.25) is 0 Å². The van der Waals surface area contributed by atoms with E-state index in [4.69, 9.17) is 14.2 Å². The van der Waals surface area contributed by atoms with Crippen molar-refractivity contribution >= 4 is 5.97 Å². The zero-order valence-corrected chi connectivity index (χ0v) is 14.0. The van der Waals surface area contributed by atoms with E-state index in [1.54, 1.807) is 29.1 Å². The highest BCUT2D eigenvalue weighted by molar-refractivity contribution is 5.90. The Bertz CT molecular complexity index is 820. The summed E-state index contributed by atoms with van der Waals surface area (Å²) in [6, 6.07) is 14.4. The Morgan fingerprint density at radius 1 is 1.04 bits per heavy atom. The number of hydrogen-bond donors (Lipinski definition) is 0. The van der Waals surface area contributed by atoms with E-state index < -0.39 is 5.97 Å². The summed E-state index contributed by atoms with van der Waals surface area (Å²) < 4.78 is 17.5. The first-order valence-corrected chi connectivity index (χ1v) is 7.69. The van der Waals surface area contributed by atoms with E-state index in [9.17, 15) is 4.79 Å². The minimum atomic E-state index is -0.437. The molecule has 0 saturated heterocycles. The second-order valence-corrected chi connectivity index (χ2v) is 5.29. The number of methoxy groups -OCH3 is 2. The van der Waals surface area contributed by atoms with Crippen molar-refractivity contribution in [1.82, 2.24) is 9.78 Å². The number of esters is 1. The van der Waals surface area contributed by atoms with Gasteiger partial charge >= 0.3 is 5.97 Å². The Morgan fingerprint density at radius 2 is 1.72 bits per heavy atom. The summed E-state index contributed by atoms with van der Waals surface area (Å²) in [5.41, 5.74) is 2.21. The van der Waals surface area contributed by atoms with E-state index in [2.05, 4.69) is 5.10 Å². The first kappa shape index (κ1) is 16.6. The lowest BCUT2D eigenvalue weighted by Crippen LogP contribution is -2.06. The molecule has 0 radical (unpaired) electrons. The maximum Gasteiger partial charge on any atom is 0.338 e. The molecule has 0 amide bonds. The lowest BCUT2D eigenvalue weighted by atomic mass is 10.2. The molecule has 0 bridgehead atoms. The van der Waals surface area contributed by atoms with E-state index in [0.717, 1.165) is 11.3 Å². The largest absolute Gasteiger partial charge is 0.497 e. The molecule has 0 saturated carbocycles. The maximum absolute atomic E-state index is 12.3. The number of rotatable bonds is 6. The van der Waals surface area contributed by atoms with Crippen LogP contribution in [-0.2, 0) is 11.3 Å². The summed E-state index contributed by atoms with van der Waals surface area (Å²) >= 11 is 0. The van der Waals surface area contributed by atoms with Gasteiger partial charge in [-0.15, -0.1) is 0 Å². The molecular formula is C19H18N2O4. The second-order valence-electron chi connectivity index (χ2n) is 5.29. The third-order valence-electron chi connectivity index (χ3n) is 3.66. The molecule has 3 aromatic rings. The highest BCUT2D eigenvalue weighted by atomic mass is 16.5. The summed E-state index contributed by atoms with van der Waals surface area (Å²) in [4.78, 5) is 12.3. The third kappa shape index (κ3) is 3.98. The van der Waals surface area contributed by atoms with Gasteiger partial charge in [0.05, 0.1) is 25.5 Å². The van der Waals surface area contributed by atoms with Crippen molar-refractivity contribution in [2.24, 2.45) is 0 Å². The third-order valence-corrected chi connectivity index (χ3v) is 3.66. The molecule has 0 N–H and O–H groups in total. The molecule has 0 aliphatic rings. The molecule has 0 atom stereocenters. The number of aromatic nitrogens is 2. The molecule has 6 heteroatoms. The molecule has 0 aliphatic heterocycles. The molecule has 0 aliphatic carbocycles. The Kier molecular flexibility index (Phi) is 4.99. The fraction of sp³-hybridized carbons (Fsp3) is 0.158. The molecule has 2 aromatic carbocycles. The van der Waals surface area contributed by atoms with Crippen molar-refractivity contribution in [3.63, 3.8) is 0 Å². The summed E-state index contributed by atoms with van der Waals surface area (Å²) in [5.74, 6) is 0.637. The molecule has 0 fully saturated rings. The molecule has 3 rings (SSSR count). The minimum absolute atomic E-state index is 0.178. The molecule has 128 valence electrons. The van der Waals surface area contributed by atoms with Gasteiger partial charge in [0, 0.05) is 18.5 Å². The second kappa shape index (κ2) is 7.53. The van der Waals surface area contributed by atoms with Crippen molar-refractivity contribution in [3.8, 4) is 17.2 Å². The van der Waals surface area contributed by atoms with Crippen LogP contribution in [0.1, 0.15) is 15.9 Å². The first-order chi connectivity index (χ1) is 12.2. The van der Waals surface area contributed by atoms with Crippen molar-refractivity contribution in [1.29, 1.82) is 0 Å². The lowest BCUT2D eigenvalue weighted by Gasteiger charge is -2.09. The van der Waals surface area contributed by atoms with Gasteiger partial charge < -0.3 is 14.2 Å². The SMILES string of the molecule is COc1cc(OC)cc(C(=O)OCc2ccc(-n3cccn3)cc2)c1. The number of ether oxygens (including phenoxy) is 3. The van der Waals surface area contributed by atoms with Gasteiger partial charge in [-0.1, -0.05) is 12.1 Å². The van der Waals surface area contributed by atoms with Gasteiger partial charge in [-0.05, 0) is 35.9 Å². The molecular weight excluding hydrogens is 320 g/mol. The van der Waals surface area contributed by atoms with Gasteiger partial charge in [-0.2, -0.15) is 5.10 Å². The molecule has 0 unspecified atom stereocenters. The van der Waals surface area contributed by atoms with Crippen LogP contribution in [0, 0.1) is 0 Å². The van der Waals surface area contributed by atoms with Crippen molar-refractivity contribution in [2.45, 2.75) is 6.61 Å². The van der Waals surface area contributed by atoms with Gasteiger partial charge in [0.25, 0.3) is 0 Å². The van der Waals surface area contributed by atoms with Crippen LogP contribution in [0.5, 0.6) is 11.5 Å². The summed E-state index contributed by atoms with van der Waals surface area (Å²) in [6.07, 6.45) is 3.59.